The van der Waals surface area contributed by atoms with Gasteiger partial charge in [0.25, 0.3) is 0 Å². The van der Waals surface area contributed by atoms with E-state index in [1.807, 2.05) is 18.6 Å². The van der Waals surface area contributed by atoms with Crippen LogP contribution >= 0.6 is 23.1 Å². The fourth-order valence-corrected chi connectivity index (χ4v) is 2.00. The highest BCUT2D eigenvalue weighted by molar-refractivity contribution is 7.98. The summed E-state index contributed by atoms with van der Waals surface area (Å²) in [5, 5.41) is 3.51. The molecule has 2 heterocycles. The molecule has 15 heavy (non-hydrogen) atoms. The molecule has 0 atom stereocenters. The Morgan fingerprint density at radius 1 is 1.27 bits per heavy atom. The van der Waals surface area contributed by atoms with Gasteiger partial charge in [-0.05, 0) is 13.2 Å². The highest BCUT2D eigenvalue weighted by Crippen LogP contribution is 2.20. The van der Waals surface area contributed by atoms with Crippen LogP contribution in [0.3, 0.4) is 0 Å². The van der Waals surface area contributed by atoms with Crippen molar-refractivity contribution in [2.24, 2.45) is 0 Å². The third kappa shape index (κ3) is 2.24. The SMILES string of the molecule is CSc1nc(N)nc(-c2csc(C)n2)n1. The summed E-state index contributed by atoms with van der Waals surface area (Å²) in [5.74, 6) is 0.770. The maximum Gasteiger partial charge on any atom is 0.224 e. The molecular weight excluding hydrogens is 230 g/mol. The van der Waals surface area contributed by atoms with Crippen LogP contribution in [0.2, 0.25) is 0 Å². The average molecular weight is 239 g/mol. The Morgan fingerprint density at radius 2 is 2.07 bits per heavy atom. The molecule has 0 saturated heterocycles. The van der Waals surface area contributed by atoms with Crippen molar-refractivity contribution >= 4 is 29.0 Å². The second-order valence-electron chi connectivity index (χ2n) is 2.76. The van der Waals surface area contributed by atoms with Crippen LogP contribution in [0.15, 0.2) is 10.5 Å². The summed E-state index contributed by atoms with van der Waals surface area (Å²) >= 11 is 2.99. The zero-order chi connectivity index (χ0) is 10.8. The van der Waals surface area contributed by atoms with E-state index in [4.69, 9.17) is 5.73 Å². The Labute approximate surface area is 95.2 Å². The maximum atomic E-state index is 5.58. The van der Waals surface area contributed by atoms with Crippen LogP contribution in [0.25, 0.3) is 11.5 Å². The third-order valence-electron chi connectivity index (χ3n) is 1.66. The lowest BCUT2D eigenvalue weighted by molar-refractivity contribution is 0.922. The number of nitrogens with zero attached hydrogens (tertiary/aromatic N) is 4. The van der Waals surface area contributed by atoms with E-state index in [0.29, 0.717) is 11.0 Å². The van der Waals surface area contributed by atoms with Gasteiger partial charge in [0.2, 0.25) is 5.95 Å². The molecule has 0 aromatic carbocycles. The van der Waals surface area contributed by atoms with Crippen molar-refractivity contribution in [2.75, 3.05) is 12.0 Å². The zero-order valence-corrected chi connectivity index (χ0v) is 9.89. The van der Waals surface area contributed by atoms with Crippen molar-refractivity contribution in [3.8, 4) is 11.5 Å². The van der Waals surface area contributed by atoms with Crippen LogP contribution in [0.5, 0.6) is 0 Å². The number of thiazole rings is 1. The molecule has 0 unspecified atom stereocenters. The van der Waals surface area contributed by atoms with Gasteiger partial charge in [-0.3, -0.25) is 0 Å². The topological polar surface area (TPSA) is 77.6 Å². The van der Waals surface area contributed by atoms with E-state index in [2.05, 4.69) is 19.9 Å². The van der Waals surface area contributed by atoms with Crippen molar-refractivity contribution in [3.63, 3.8) is 0 Å². The number of hydrogen-bond acceptors (Lipinski definition) is 7. The van der Waals surface area contributed by atoms with Gasteiger partial charge in [-0.15, -0.1) is 11.3 Å². The standard InChI is InChI=1S/C8H9N5S2/c1-4-10-5(3-15-4)6-11-7(9)13-8(12-6)14-2/h3H,1-2H3,(H2,9,11,12,13). The van der Waals surface area contributed by atoms with Crippen LogP contribution in [0.4, 0.5) is 5.95 Å². The molecule has 5 nitrogen and oxygen atoms in total. The number of anilines is 1. The van der Waals surface area contributed by atoms with E-state index in [-0.39, 0.29) is 5.95 Å². The number of nitrogen functional groups attached to an aromatic ring is 1. The highest BCUT2D eigenvalue weighted by atomic mass is 32.2. The Balaban J connectivity index is 2.48. The molecule has 2 aromatic rings. The maximum absolute atomic E-state index is 5.58. The van der Waals surface area contributed by atoms with Crippen molar-refractivity contribution in [1.82, 2.24) is 19.9 Å². The van der Waals surface area contributed by atoms with Crippen molar-refractivity contribution < 1.29 is 0 Å². The molecular formula is C8H9N5S2. The summed E-state index contributed by atoms with van der Waals surface area (Å²) < 4.78 is 0. The van der Waals surface area contributed by atoms with E-state index >= 15 is 0 Å². The van der Waals surface area contributed by atoms with Crippen LogP contribution in [0.1, 0.15) is 5.01 Å². The second-order valence-corrected chi connectivity index (χ2v) is 4.59. The van der Waals surface area contributed by atoms with Gasteiger partial charge < -0.3 is 5.73 Å². The summed E-state index contributed by atoms with van der Waals surface area (Å²) in [6, 6.07) is 0. The molecule has 7 heteroatoms. The minimum Gasteiger partial charge on any atom is -0.368 e. The third-order valence-corrected chi connectivity index (χ3v) is 2.98. The lowest BCUT2D eigenvalue weighted by Gasteiger charge is -1.99. The number of hydrogen-bond donors (Lipinski definition) is 1. The quantitative estimate of drug-likeness (QED) is 0.802. The molecule has 0 fully saturated rings. The van der Waals surface area contributed by atoms with E-state index in [1.165, 1.54) is 11.8 Å². The lowest BCUT2D eigenvalue weighted by atomic mass is 10.4. The first-order valence-electron chi connectivity index (χ1n) is 4.17. The molecule has 0 spiro atoms. The first kappa shape index (κ1) is 10.3. The molecule has 0 radical (unpaired) electrons. The van der Waals surface area contributed by atoms with Gasteiger partial charge in [-0.25, -0.2) is 9.97 Å². The van der Waals surface area contributed by atoms with E-state index in [9.17, 15) is 0 Å². The molecule has 0 aliphatic rings. The summed E-state index contributed by atoms with van der Waals surface area (Å²) in [4.78, 5) is 16.6. The zero-order valence-electron chi connectivity index (χ0n) is 8.26. The number of nitrogens with two attached hydrogens (primary N) is 1. The van der Waals surface area contributed by atoms with Gasteiger partial charge in [-0.1, -0.05) is 11.8 Å². The normalized spacial score (nSPS) is 10.5. The fourth-order valence-electron chi connectivity index (χ4n) is 1.04. The van der Waals surface area contributed by atoms with Gasteiger partial charge >= 0.3 is 0 Å². The van der Waals surface area contributed by atoms with Gasteiger partial charge in [0.1, 0.15) is 5.69 Å². The largest absolute Gasteiger partial charge is 0.368 e. The highest BCUT2D eigenvalue weighted by Gasteiger charge is 2.08. The summed E-state index contributed by atoms with van der Waals surface area (Å²) in [7, 11) is 0. The molecule has 0 amide bonds. The molecule has 0 aliphatic carbocycles. The van der Waals surface area contributed by atoms with E-state index < -0.39 is 0 Å². The molecule has 0 saturated carbocycles. The minimum absolute atomic E-state index is 0.231. The van der Waals surface area contributed by atoms with Crippen molar-refractivity contribution in [3.05, 3.63) is 10.4 Å². The van der Waals surface area contributed by atoms with Gasteiger partial charge in [-0.2, -0.15) is 9.97 Å². The number of thioether (sulfide) groups is 1. The first-order chi connectivity index (χ1) is 7.19. The van der Waals surface area contributed by atoms with Gasteiger partial charge in [0.05, 0.1) is 5.01 Å². The predicted molar refractivity (Wildman–Crippen MR) is 61.9 cm³/mol. The monoisotopic (exact) mass is 239 g/mol. The first-order valence-corrected chi connectivity index (χ1v) is 6.27. The smallest absolute Gasteiger partial charge is 0.224 e. The Bertz CT molecular complexity index is 482. The van der Waals surface area contributed by atoms with Crippen LogP contribution in [0, 0.1) is 6.92 Å². The molecule has 2 aromatic heterocycles. The van der Waals surface area contributed by atoms with E-state index in [0.717, 1.165) is 10.7 Å². The van der Waals surface area contributed by atoms with Crippen molar-refractivity contribution in [2.45, 2.75) is 12.1 Å². The summed E-state index contributed by atoms with van der Waals surface area (Å²) in [6.07, 6.45) is 1.89. The predicted octanol–water partition coefficient (Wildman–Crippen LogP) is 1.61. The molecule has 0 bridgehead atoms. The van der Waals surface area contributed by atoms with Gasteiger partial charge in [0.15, 0.2) is 11.0 Å². The Hall–Kier alpha value is -1.21. The number of aromatic nitrogens is 4. The Morgan fingerprint density at radius 3 is 2.67 bits per heavy atom. The second kappa shape index (κ2) is 4.11. The fraction of sp³-hybridized carbons (Fsp3) is 0.250. The van der Waals surface area contributed by atoms with E-state index in [1.54, 1.807) is 11.3 Å². The average Bonchev–Trinajstić information content (AvgIpc) is 2.64. The molecule has 2 N–H and O–H groups in total. The van der Waals surface area contributed by atoms with Crippen LogP contribution in [-0.4, -0.2) is 26.2 Å². The van der Waals surface area contributed by atoms with Crippen molar-refractivity contribution in [1.29, 1.82) is 0 Å². The molecule has 2 rings (SSSR count). The molecule has 0 aliphatic heterocycles. The van der Waals surface area contributed by atoms with Gasteiger partial charge in [0, 0.05) is 5.38 Å². The molecule has 78 valence electrons. The number of aryl methyl sites for hydroxylation is 1. The summed E-state index contributed by atoms with van der Waals surface area (Å²) in [6.45, 7) is 1.94. The summed E-state index contributed by atoms with van der Waals surface area (Å²) in [5.41, 5.74) is 6.33. The lowest BCUT2D eigenvalue weighted by Crippen LogP contribution is -2.01. The minimum atomic E-state index is 0.231. The number of rotatable bonds is 2. The van der Waals surface area contributed by atoms with Crippen LogP contribution < -0.4 is 5.73 Å². The van der Waals surface area contributed by atoms with Crippen LogP contribution in [-0.2, 0) is 0 Å². The Kier molecular flexibility index (Phi) is 2.83.